The van der Waals surface area contributed by atoms with E-state index in [1.165, 1.54) is 5.56 Å². The molecule has 0 spiro atoms. The first-order chi connectivity index (χ1) is 13.5. The summed E-state index contributed by atoms with van der Waals surface area (Å²) in [5.41, 5.74) is 3.60. The maximum atomic E-state index is 12.5. The predicted molar refractivity (Wildman–Crippen MR) is 106 cm³/mol. The molecular weight excluding hydrogens is 354 g/mol. The smallest absolute Gasteiger partial charge is 0.256 e. The van der Waals surface area contributed by atoms with Gasteiger partial charge in [0, 0.05) is 31.3 Å². The molecule has 7 nitrogen and oxygen atoms in total. The minimum Gasteiger partial charge on any atom is -0.359 e. The molecule has 0 unspecified atom stereocenters. The number of hydrogen-bond acceptors (Lipinski definition) is 5. The van der Waals surface area contributed by atoms with E-state index in [9.17, 15) is 4.79 Å². The molecule has 0 radical (unpaired) electrons. The molecule has 3 heterocycles. The van der Waals surface area contributed by atoms with E-state index in [1.807, 2.05) is 57.3 Å². The zero-order valence-corrected chi connectivity index (χ0v) is 16.5. The lowest BCUT2D eigenvalue weighted by Crippen LogP contribution is -2.22. The van der Waals surface area contributed by atoms with Crippen LogP contribution in [0.3, 0.4) is 0 Å². The quantitative estimate of drug-likeness (QED) is 0.733. The molecule has 1 aromatic carbocycles. The van der Waals surface area contributed by atoms with Crippen LogP contribution in [0.1, 0.15) is 52.0 Å². The van der Waals surface area contributed by atoms with E-state index in [1.54, 1.807) is 4.68 Å². The molecule has 1 atom stereocenters. The number of benzene rings is 1. The van der Waals surface area contributed by atoms with Crippen molar-refractivity contribution < 1.29 is 9.32 Å². The Labute approximate surface area is 164 Å². The molecule has 1 amide bonds. The first-order valence-electron chi connectivity index (χ1n) is 9.58. The molecule has 146 valence electrons. The van der Waals surface area contributed by atoms with E-state index in [4.69, 9.17) is 4.52 Å². The summed E-state index contributed by atoms with van der Waals surface area (Å²) >= 11 is 0. The Morgan fingerprint density at radius 2 is 2.00 bits per heavy atom. The van der Waals surface area contributed by atoms with Gasteiger partial charge >= 0.3 is 0 Å². The van der Waals surface area contributed by atoms with Crippen LogP contribution in [0, 0.1) is 13.8 Å². The first kappa shape index (κ1) is 18.4. The topological polar surface area (TPSA) is 76.2 Å². The predicted octanol–water partition coefficient (Wildman–Crippen LogP) is 3.61. The van der Waals surface area contributed by atoms with Gasteiger partial charge in [0.2, 0.25) is 0 Å². The molecule has 1 saturated heterocycles. The van der Waals surface area contributed by atoms with E-state index < -0.39 is 0 Å². The summed E-state index contributed by atoms with van der Waals surface area (Å²) in [6, 6.07) is 11.9. The molecule has 1 aliphatic heterocycles. The standard InChI is InChI=1S/C21H25N5O2/c1-14-12-20(25(3)23-14)22-21(27)17-8-6-16(7-9-17)13-26-10-4-5-18(26)19-11-15(2)24-28-19/h6-9,11-12,18H,4-5,10,13H2,1-3H3,(H,22,27)/t18-/m1/s1. The fourth-order valence-electron chi connectivity index (χ4n) is 3.79. The van der Waals surface area contributed by atoms with Gasteiger partial charge in [-0.3, -0.25) is 14.4 Å². The van der Waals surface area contributed by atoms with Crippen LogP contribution in [0.4, 0.5) is 5.82 Å². The first-order valence-corrected chi connectivity index (χ1v) is 9.58. The summed E-state index contributed by atoms with van der Waals surface area (Å²) in [6.07, 6.45) is 2.23. The highest BCUT2D eigenvalue weighted by Crippen LogP contribution is 2.33. The van der Waals surface area contributed by atoms with Crippen molar-refractivity contribution in [2.75, 3.05) is 11.9 Å². The van der Waals surface area contributed by atoms with Crippen LogP contribution in [0.15, 0.2) is 40.9 Å². The summed E-state index contributed by atoms with van der Waals surface area (Å²) < 4.78 is 7.15. The van der Waals surface area contributed by atoms with Crippen molar-refractivity contribution in [1.29, 1.82) is 0 Å². The van der Waals surface area contributed by atoms with E-state index in [2.05, 4.69) is 20.5 Å². The van der Waals surface area contributed by atoms with Gasteiger partial charge in [0.05, 0.1) is 17.4 Å². The zero-order chi connectivity index (χ0) is 19.7. The Balaban J connectivity index is 1.41. The molecule has 1 N–H and O–H groups in total. The Bertz CT molecular complexity index is 973. The van der Waals surface area contributed by atoms with Crippen LogP contribution in [0.25, 0.3) is 0 Å². The second-order valence-electron chi connectivity index (χ2n) is 7.44. The van der Waals surface area contributed by atoms with Gasteiger partial charge in [-0.25, -0.2) is 0 Å². The zero-order valence-electron chi connectivity index (χ0n) is 16.5. The van der Waals surface area contributed by atoms with Gasteiger partial charge in [-0.1, -0.05) is 17.3 Å². The number of rotatable bonds is 5. The normalized spacial score (nSPS) is 17.2. The van der Waals surface area contributed by atoms with Crippen LogP contribution < -0.4 is 5.32 Å². The fourth-order valence-corrected chi connectivity index (χ4v) is 3.79. The number of carbonyl (C=O) groups excluding carboxylic acids is 1. The summed E-state index contributed by atoms with van der Waals surface area (Å²) in [5, 5.41) is 11.2. The van der Waals surface area contributed by atoms with Crippen LogP contribution in [-0.4, -0.2) is 32.3 Å². The van der Waals surface area contributed by atoms with Crippen molar-refractivity contribution in [3.05, 3.63) is 64.7 Å². The van der Waals surface area contributed by atoms with Gasteiger partial charge in [-0.15, -0.1) is 0 Å². The lowest BCUT2D eigenvalue weighted by atomic mass is 10.1. The molecule has 28 heavy (non-hydrogen) atoms. The summed E-state index contributed by atoms with van der Waals surface area (Å²) in [5.74, 6) is 1.50. The Hall–Kier alpha value is -2.93. The molecule has 7 heteroatoms. The fraction of sp³-hybridized carbons (Fsp3) is 0.381. The van der Waals surface area contributed by atoms with Gasteiger partial charge in [-0.2, -0.15) is 5.10 Å². The summed E-state index contributed by atoms with van der Waals surface area (Å²) in [7, 11) is 1.81. The van der Waals surface area contributed by atoms with Crippen molar-refractivity contribution in [2.45, 2.75) is 39.3 Å². The average molecular weight is 379 g/mol. The second-order valence-corrected chi connectivity index (χ2v) is 7.44. The molecule has 3 aromatic rings. The van der Waals surface area contributed by atoms with E-state index in [-0.39, 0.29) is 11.9 Å². The van der Waals surface area contributed by atoms with Crippen molar-refractivity contribution in [1.82, 2.24) is 19.8 Å². The lowest BCUT2D eigenvalue weighted by molar-refractivity contribution is 0.102. The number of carbonyl (C=O) groups is 1. The molecule has 1 fully saturated rings. The Morgan fingerprint density at radius 3 is 2.64 bits per heavy atom. The number of anilines is 1. The lowest BCUT2D eigenvalue weighted by Gasteiger charge is -2.22. The van der Waals surface area contributed by atoms with Gasteiger partial charge in [0.15, 0.2) is 5.76 Å². The number of likely N-dealkylation sites (tertiary alicyclic amines) is 1. The number of nitrogens with one attached hydrogen (secondary N) is 1. The van der Waals surface area contributed by atoms with Crippen LogP contribution >= 0.6 is 0 Å². The van der Waals surface area contributed by atoms with Gasteiger partial charge in [0.1, 0.15) is 5.82 Å². The number of aromatic nitrogens is 3. The number of aryl methyl sites for hydroxylation is 3. The van der Waals surface area contributed by atoms with Gasteiger partial charge in [0.25, 0.3) is 5.91 Å². The largest absolute Gasteiger partial charge is 0.359 e. The van der Waals surface area contributed by atoms with Crippen LogP contribution in [0.2, 0.25) is 0 Å². The number of amides is 1. The Morgan fingerprint density at radius 1 is 1.21 bits per heavy atom. The molecule has 4 rings (SSSR count). The van der Waals surface area contributed by atoms with Gasteiger partial charge in [-0.05, 0) is 50.9 Å². The molecule has 2 aromatic heterocycles. The molecule has 1 aliphatic rings. The van der Waals surface area contributed by atoms with Crippen molar-refractivity contribution in [3.63, 3.8) is 0 Å². The third-order valence-corrected chi connectivity index (χ3v) is 5.18. The van der Waals surface area contributed by atoms with Crippen molar-refractivity contribution in [3.8, 4) is 0 Å². The second kappa shape index (κ2) is 7.59. The maximum absolute atomic E-state index is 12.5. The van der Waals surface area contributed by atoms with Gasteiger partial charge < -0.3 is 9.84 Å². The maximum Gasteiger partial charge on any atom is 0.256 e. The molecular formula is C21H25N5O2. The third kappa shape index (κ3) is 3.84. The minimum atomic E-state index is -0.134. The van der Waals surface area contributed by atoms with E-state index in [0.717, 1.165) is 43.1 Å². The summed E-state index contributed by atoms with van der Waals surface area (Å²) in [6.45, 7) is 5.71. The minimum absolute atomic E-state index is 0.134. The third-order valence-electron chi connectivity index (χ3n) is 5.18. The molecule has 0 saturated carbocycles. The molecule has 0 bridgehead atoms. The van der Waals surface area contributed by atoms with Crippen molar-refractivity contribution >= 4 is 11.7 Å². The van der Waals surface area contributed by atoms with Crippen LogP contribution in [0.5, 0.6) is 0 Å². The highest BCUT2D eigenvalue weighted by molar-refractivity contribution is 6.03. The number of nitrogens with zero attached hydrogens (tertiary/aromatic N) is 4. The van der Waals surface area contributed by atoms with Crippen molar-refractivity contribution in [2.24, 2.45) is 7.05 Å². The SMILES string of the molecule is Cc1cc([C@H]2CCCN2Cc2ccc(C(=O)Nc3cc(C)nn3C)cc2)on1. The molecule has 0 aliphatic carbocycles. The van der Waals surface area contributed by atoms with E-state index >= 15 is 0 Å². The summed E-state index contributed by atoms with van der Waals surface area (Å²) in [4.78, 5) is 14.9. The Kier molecular flexibility index (Phi) is 5.00. The highest BCUT2D eigenvalue weighted by Gasteiger charge is 2.29. The number of hydrogen-bond donors (Lipinski definition) is 1. The monoisotopic (exact) mass is 379 g/mol. The van der Waals surface area contributed by atoms with Crippen LogP contribution in [-0.2, 0) is 13.6 Å². The highest BCUT2D eigenvalue weighted by atomic mass is 16.5. The van der Waals surface area contributed by atoms with E-state index in [0.29, 0.717) is 11.4 Å². The average Bonchev–Trinajstić information content (AvgIpc) is 3.37.